The summed E-state index contributed by atoms with van der Waals surface area (Å²) in [5.41, 5.74) is 9.52. The predicted octanol–water partition coefficient (Wildman–Crippen LogP) is 3.90. The van der Waals surface area contributed by atoms with Crippen LogP contribution in [0.4, 0.5) is 5.69 Å². The van der Waals surface area contributed by atoms with Crippen molar-refractivity contribution in [2.24, 2.45) is 0 Å². The Balaban J connectivity index is 1.99. The molecule has 0 fully saturated rings. The zero-order valence-corrected chi connectivity index (χ0v) is 14.7. The summed E-state index contributed by atoms with van der Waals surface area (Å²) >= 11 is 11.4. The zero-order chi connectivity index (χ0) is 17.0. The number of halogens is 1. The fraction of sp³-hybridized carbons (Fsp3) is 0.176. The quantitative estimate of drug-likeness (QED) is 0.569. The molecule has 2 rings (SSSR count). The number of nitrogens with one attached hydrogen (secondary N) is 3. The van der Waals surface area contributed by atoms with E-state index in [0.29, 0.717) is 10.6 Å². The van der Waals surface area contributed by atoms with Gasteiger partial charge < -0.3 is 5.32 Å². The van der Waals surface area contributed by atoms with E-state index in [1.165, 1.54) is 0 Å². The number of amides is 1. The van der Waals surface area contributed by atoms with E-state index in [-0.39, 0.29) is 11.0 Å². The second-order valence-electron chi connectivity index (χ2n) is 5.29. The third-order valence-electron chi connectivity index (χ3n) is 3.35. The van der Waals surface area contributed by atoms with Gasteiger partial charge in [-0.2, -0.15) is 0 Å². The van der Waals surface area contributed by atoms with Crippen LogP contribution in [0.3, 0.4) is 0 Å². The van der Waals surface area contributed by atoms with E-state index in [1.807, 2.05) is 51.1 Å². The molecule has 4 nitrogen and oxygen atoms in total. The van der Waals surface area contributed by atoms with Gasteiger partial charge in [0.15, 0.2) is 5.11 Å². The molecule has 0 saturated carbocycles. The van der Waals surface area contributed by atoms with E-state index in [9.17, 15) is 4.79 Å². The van der Waals surface area contributed by atoms with E-state index in [1.54, 1.807) is 6.07 Å². The number of hydrazine groups is 1. The van der Waals surface area contributed by atoms with Crippen LogP contribution in [-0.4, -0.2) is 11.0 Å². The molecular weight excluding hydrogens is 330 g/mol. The summed E-state index contributed by atoms with van der Waals surface area (Å²) in [6.45, 7) is 5.79. The summed E-state index contributed by atoms with van der Waals surface area (Å²) < 4.78 is 0. The van der Waals surface area contributed by atoms with Crippen molar-refractivity contribution >= 4 is 40.5 Å². The first-order valence-corrected chi connectivity index (χ1v) is 7.87. The standard InChI is InChI=1S/C17H18ClN3OS/c1-10-8-12(3)15(14(18)9-10)19-17(23)21-20-16(22)13-7-5-4-6-11(13)2/h4-9H,1-3H3,(H,20,22)(H2,19,21,23). The van der Waals surface area contributed by atoms with E-state index in [0.717, 1.165) is 22.4 Å². The molecule has 0 unspecified atom stereocenters. The topological polar surface area (TPSA) is 53.2 Å². The highest BCUT2D eigenvalue weighted by Crippen LogP contribution is 2.27. The minimum atomic E-state index is -0.251. The molecule has 0 aliphatic heterocycles. The second kappa shape index (κ2) is 7.44. The Morgan fingerprint density at radius 2 is 1.74 bits per heavy atom. The van der Waals surface area contributed by atoms with Crippen LogP contribution in [0.2, 0.25) is 5.02 Å². The molecule has 0 spiro atoms. The Morgan fingerprint density at radius 3 is 2.39 bits per heavy atom. The van der Waals surface area contributed by atoms with Crippen molar-refractivity contribution in [3.8, 4) is 0 Å². The predicted molar refractivity (Wildman–Crippen MR) is 98.9 cm³/mol. The van der Waals surface area contributed by atoms with Gasteiger partial charge in [0.1, 0.15) is 0 Å². The summed E-state index contributed by atoms with van der Waals surface area (Å²) in [4.78, 5) is 12.1. The fourth-order valence-electron chi connectivity index (χ4n) is 2.23. The molecule has 3 N–H and O–H groups in total. The molecule has 2 aromatic carbocycles. The second-order valence-corrected chi connectivity index (χ2v) is 6.10. The number of carbonyl (C=O) groups is 1. The summed E-state index contributed by atoms with van der Waals surface area (Å²) in [6, 6.07) is 11.2. The van der Waals surface area contributed by atoms with Gasteiger partial charge in [0.2, 0.25) is 0 Å². The largest absolute Gasteiger partial charge is 0.330 e. The lowest BCUT2D eigenvalue weighted by atomic mass is 10.1. The molecule has 0 heterocycles. The average molecular weight is 348 g/mol. The Kier molecular flexibility index (Phi) is 5.58. The highest BCUT2D eigenvalue weighted by molar-refractivity contribution is 7.80. The first-order chi connectivity index (χ1) is 10.9. The first kappa shape index (κ1) is 17.2. The molecule has 0 aromatic heterocycles. The zero-order valence-electron chi connectivity index (χ0n) is 13.2. The van der Waals surface area contributed by atoms with Crippen LogP contribution < -0.4 is 16.2 Å². The highest BCUT2D eigenvalue weighted by atomic mass is 35.5. The highest BCUT2D eigenvalue weighted by Gasteiger charge is 2.10. The number of rotatable bonds is 2. The Morgan fingerprint density at radius 1 is 1.04 bits per heavy atom. The van der Waals surface area contributed by atoms with Crippen molar-refractivity contribution in [3.63, 3.8) is 0 Å². The van der Waals surface area contributed by atoms with Crippen LogP contribution in [0.15, 0.2) is 36.4 Å². The van der Waals surface area contributed by atoms with Crippen LogP contribution in [-0.2, 0) is 0 Å². The smallest absolute Gasteiger partial charge is 0.269 e. The van der Waals surface area contributed by atoms with Crippen LogP contribution in [0.5, 0.6) is 0 Å². The Hall–Kier alpha value is -2.11. The van der Waals surface area contributed by atoms with Gasteiger partial charge in [-0.15, -0.1) is 0 Å². The summed E-state index contributed by atoms with van der Waals surface area (Å²) in [5.74, 6) is -0.251. The molecule has 0 atom stereocenters. The number of hydrogen-bond acceptors (Lipinski definition) is 2. The third-order valence-corrected chi connectivity index (χ3v) is 3.85. The maximum atomic E-state index is 12.1. The molecule has 120 valence electrons. The Bertz CT molecular complexity index is 738. The van der Waals surface area contributed by atoms with Gasteiger partial charge in [0, 0.05) is 5.56 Å². The van der Waals surface area contributed by atoms with Gasteiger partial charge in [-0.1, -0.05) is 35.9 Å². The summed E-state index contributed by atoms with van der Waals surface area (Å²) in [5, 5.41) is 3.85. The number of anilines is 1. The van der Waals surface area contributed by atoms with Crippen LogP contribution >= 0.6 is 23.8 Å². The SMILES string of the molecule is Cc1cc(C)c(NC(=S)NNC(=O)c2ccccc2C)c(Cl)c1. The summed E-state index contributed by atoms with van der Waals surface area (Å²) in [7, 11) is 0. The van der Waals surface area contributed by atoms with E-state index >= 15 is 0 Å². The van der Waals surface area contributed by atoms with Crippen molar-refractivity contribution in [1.82, 2.24) is 10.9 Å². The molecule has 0 bridgehead atoms. The maximum Gasteiger partial charge on any atom is 0.269 e. The summed E-state index contributed by atoms with van der Waals surface area (Å²) in [6.07, 6.45) is 0. The van der Waals surface area contributed by atoms with Gasteiger partial charge in [-0.25, -0.2) is 0 Å². The van der Waals surface area contributed by atoms with Crippen LogP contribution in [0.1, 0.15) is 27.0 Å². The molecule has 2 aromatic rings. The first-order valence-electron chi connectivity index (χ1n) is 7.08. The number of benzene rings is 2. The van der Waals surface area contributed by atoms with E-state index in [4.69, 9.17) is 23.8 Å². The molecule has 0 saturated heterocycles. The van der Waals surface area contributed by atoms with E-state index < -0.39 is 0 Å². The lowest BCUT2D eigenvalue weighted by Gasteiger charge is -2.15. The van der Waals surface area contributed by atoms with E-state index in [2.05, 4.69) is 16.2 Å². The normalized spacial score (nSPS) is 10.1. The number of carbonyl (C=O) groups excluding carboxylic acids is 1. The molecular formula is C17H18ClN3OS. The van der Waals surface area contributed by atoms with Crippen molar-refractivity contribution in [2.45, 2.75) is 20.8 Å². The van der Waals surface area contributed by atoms with Gasteiger partial charge in [0.25, 0.3) is 5.91 Å². The molecule has 23 heavy (non-hydrogen) atoms. The molecule has 6 heteroatoms. The van der Waals surface area contributed by atoms with Crippen molar-refractivity contribution in [1.29, 1.82) is 0 Å². The van der Waals surface area contributed by atoms with Gasteiger partial charge >= 0.3 is 0 Å². The van der Waals surface area contributed by atoms with Gasteiger partial charge in [-0.05, 0) is 61.8 Å². The van der Waals surface area contributed by atoms with Crippen LogP contribution in [0.25, 0.3) is 0 Å². The van der Waals surface area contributed by atoms with Gasteiger partial charge in [-0.3, -0.25) is 15.6 Å². The molecule has 0 radical (unpaired) electrons. The lowest BCUT2D eigenvalue weighted by Crippen LogP contribution is -2.44. The fourth-order valence-corrected chi connectivity index (χ4v) is 2.75. The monoisotopic (exact) mass is 347 g/mol. The Labute approximate surface area is 146 Å². The number of hydrogen-bond donors (Lipinski definition) is 3. The minimum absolute atomic E-state index is 0.251. The van der Waals surface area contributed by atoms with Crippen molar-refractivity contribution < 1.29 is 4.79 Å². The lowest BCUT2D eigenvalue weighted by molar-refractivity contribution is 0.0943. The molecule has 0 aliphatic carbocycles. The maximum absolute atomic E-state index is 12.1. The number of aryl methyl sites for hydroxylation is 3. The van der Waals surface area contributed by atoms with Crippen molar-refractivity contribution in [2.75, 3.05) is 5.32 Å². The van der Waals surface area contributed by atoms with Crippen LogP contribution in [0, 0.1) is 20.8 Å². The molecule has 0 aliphatic rings. The molecule has 1 amide bonds. The minimum Gasteiger partial charge on any atom is -0.330 e. The number of thiocarbonyl (C=S) groups is 1. The van der Waals surface area contributed by atoms with Crippen molar-refractivity contribution in [3.05, 3.63) is 63.7 Å². The average Bonchev–Trinajstić information content (AvgIpc) is 2.49. The van der Waals surface area contributed by atoms with Gasteiger partial charge in [0.05, 0.1) is 10.7 Å². The third kappa shape index (κ3) is 4.43.